The fourth-order valence-electron chi connectivity index (χ4n) is 3.57. The summed E-state index contributed by atoms with van der Waals surface area (Å²) in [5.41, 5.74) is 1.79. The van der Waals surface area contributed by atoms with Gasteiger partial charge in [-0.1, -0.05) is 42.7 Å². The van der Waals surface area contributed by atoms with Crippen LogP contribution in [0.1, 0.15) is 41.6 Å². The van der Waals surface area contributed by atoms with E-state index in [1.807, 2.05) is 14.0 Å². The van der Waals surface area contributed by atoms with Crippen LogP contribution in [0, 0.1) is 6.92 Å². The summed E-state index contributed by atoms with van der Waals surface area (Å²) in [6, 6.07) is 13.9. The van der Waals surface area contributed by atoms with E-state index < -0.39 is 10.0 Å². The molecule has 0 aliphatic heterocycles. The van der Waals surface area contributed by atoms with Crippen molar-refractivity contribution >= 4 is 21.6 Å². The van der Waals surface area contributed by atoms with Crippen LogP contribution in [0.3, 0.4) is 0 Å². The average molecular weight is 387 g/mol. The zero-order valence-electron chi connectivity index (χ0n) is 16.1. The van der Waals surface area contributed by atoms with Crippen LogP contribution in [-0.2, 0) is 10.0 Å². The average Bonchev–Trinajstić information content (AvgIpc) is 3.21. The molecule has 1 aliphatic carbocycles. The number of anilines is 1. The van der Waals surface area contributed by atoms with Gasteiger partial charge in [0, 0.05) is 20.1 Å². The molecule has 1 aliphatic rings. The van der Waals surface area contributed by atoms with Crippen LogP contribution in [0.5, 0.6) is 0 Å². The minimum Gasteiger partial charge on any atom is -0.339 e. The van der Waals surface area contributed by atoms with E-state index in [1.54, 1.807) is 53.4 Å². The number of hydrogen-bond acceptors (Lipinski definition) is 3. The highest BCUT2D eigenvalue weighted by atomic mass is 32.2. The van der Waals surface area contributed by atoms with Gasteiger partial charge in [-0.3, -0.25) is 9.10 Å². The van der Waals surface area contributed by atoms with E-state index in [2.05, 4.69) is 0 Å². The van der Waals surface area contributed by atoms with Gasteiger partial charge in [0.15, 0.2) is 0 Å². The number of carbonyl (C=O) groups excluding carboxylic acids is 1. The zero-order valence-corrected chi connectivity index (χ0v) is 16.9. The van der Waals surface area contributed by atoms with Crippen molar-refractivity contribution in [1.29, 1.82) is 0 Å². The van der Waals surface area contributed by atoms with E-state index in [0.29, 0.717) is 11.3 Å². The Bertz CT molecular complexity index is 917. The molecule has 2 aromatic carbocycles. The Hall–Kier alpha value is -2.34. The highest BCUT2D eigenvalue weighted by molar-refractivity contribution is 7.92. The predicted molar refractivity (Wildman–Crippen MR) is 108 cm³/mol. The second-order valence-corrected chi connectivity index (χ2v) is 9.13. The Kier molecular flexibility index (Phi) is 5.56. The van der Waals surface area contributed by atoms with Gasteiger partial charge in [0.1, 0.15) is 0 Å². The van der Waals surface area contributed by atoms with Crippen LogP contribution in [0.4, 0.5) is 5.69 Å². The van der Waals surface area contributed by atoms with Gasteiger partial charge < -0.3 is 4.90 Å². The van der Waals surface area contributed by atoms with Crippen LogP contribution in [0.25, 0.3) is 0 Å². The first-order chi connectivity index (χ1) is 12.8. The van der Waals surface area contributed by atoms with Gasteiger partial charge in [-0.25, -0.2) is 8.42 Å². The molecule has 0 unspecified atom stereocenters. The first-order valence-corrected chi connectivity index (χ1v) is 10.7. The molecule has 0 heterocycles. The van der Waals surface area contributed by atoms with Gasteiger partial charge >= 0.3 is 0 Å². The molecule has 1 fully saturated rings. The summed E-state index contributed by atoms with van der Waals surface area (Å²) < 4.78 is 27.3. The normalized spacial score (nSPS) is 14.9. The molecular weight excluding hydrogens is 360 g/mol. The van der Waals surface area contributed by atoms with E-state index in [9.17, 15) is 13.2 Å². The second kappa shape index (κ2) is 7.72. The number of amides is 1. The molecule has 0 aromatic heterocycles. The minimum absolute atomic E-state index is 0.136. The van der Waals surface area contributed by atoms with Gasteiger partial charge in [-0.15, -0.1) is 0 Å². The summed E-state index contributed by atoms with van der Waals surface area (Å²) in [6.07, 6.45) is 4.26. The molecule has 27 heavy (non-hydrogen) atoms. The van der Waals surface area contributed by atoms with Crippen LogP contribution in [0.15, 0.2) is 53.4 Å². The van der Waals surface area contributed by atoms with Crippen molar-refractivity contribution in [2.24, 2.45) is 0 Å². The largest absolute Gasteiger partial charge is 0.339 e. The topological polar surface area (TPSA) is 57.7 Å². The van der Waals surface area contributed by atoms with Crippen molar-refractivity contribution in [3.63, 3.8) is 0 Å². The van der Waals surface area contributed by atoms with E-state index >= 15 is 0 Å². The van der Waals surface area contributed by atoms with Gasteiger partial charge in [0.25, 0.3) is 15.9 Å². The maximum Gasteiger partial charge on any atom is 0.264 e. The molecule has 0 bridgehead atoms. The highest BCUT2D eigenvalue weighted by Gasteiger charge is 2.29. The van der Waals surface area contributed by atoms with Crippen LogP contribution >= 0.6 is 0 Å². The van der Waals surface area contributed by atoms with Crippen molar-refractivity contribution in [1.82, 2.24) is 4.90 Å². The van der Waals surface area contributed by atoms with Crippen molar-refractivity contribution in [3.05, 3.63) is 59.7 Å². The second-order valence-electron chi connectivity index (χ2n) is 7.16. The minimum atomic E-state index is -3.75. The molecule has 0 radical (unpaired) electrons. The molecule has 0 saturated heterocycles. The molecule has 144 valence electrons. The summed E-state index contributed by atoms with van der Waals surface area (Å²) in [5.74, 6) is -0.136. The van der Waals surface area contributed by atoms with Crippen LogP contribution in [-0.4, -0.2) is 39.4 Å². The molecule has 6 heteroatoms. The molecular formula is C21H26N2O3S. The molecule has 2 aromatic rings. The number of nitrogens with zero attached hydrogens (tertiary/aromatic N) is 2. The van der Waals surface area contributed by atoms with E-state index in [4.69, 9.17) is 0 Å². The fraction of sp³-hybridized carbons (Fsp3) is 0.381. The number of sulfonamides is 1. The van der Waals surface area contributed by atoms with E-state index in [0.717, 1.165) is 31.2 Å². The maximum absolute atomic E-state index is 13.1. The zero-order chi connectivity index (χ0) is 19.6. The molecule has 0 spiro atoms. The lowest BCUT2D eigenvalue weighted by molar-refractivity contribution is 0.0736. The molecule has 1 amide bonds. The summed E-state index contributed by atoms with van der Waals surface area (Å²) >= 11 is 0. The lowest BCUT2D eigenvalue weighted by Crippen LogP contribution is -2.36. The smallest absolute Gasteiger partial charge is 0.264 e. The lowest BCUT2D eigenvalue weighted by Gasteiger charge is -2.27. The number of para-hydroxylation sites is 1. The van der Waals surface area contributed by atoms with Gasteiger partial charge in [0.2, 0.25) is 0 Å². The third-order valence-corrected chi connectivity index (χ3v) is 7.13. The Balaban J connectivity index is 1.95. The number of carbonyl (C=O) groups is 1. The number of aryl methyl sites for hydroxylation is 1. The van der Waals surface area contributed by atoms with Crippen molar-refractivity contribution in [2.45, 2.75) is 43.5 Å². The monoisotopic (exact) mass is 386 g/mol. The SMILES string of the molecule is Cc1ccc(S(=O)(=O)N(C)c2ccccc2C(=O)N(C)C2CCCC2)cc1. The van der Waals surface area contributed by atoms with Gasteiger partial charge in [-0.05, 0) is 44.0 Å². The van der Waals surface area contributed by atoms with Crippen molar-refractivity contribution in [2.75, 3.05) is 18.4 Å². The standard InChI is InChI=1S/C21H26N2O3S/c1-16-12-14-18(15-13-16)27(25,26)23(3)20-11-7-6-10-19(20)21(24)22(2)17-8-4-5-9-17/h6-7,10-15,17H,4-5,8-9H2,1-3H3. The van der Waals surface area contributed by atoms with E-state index in [1.165, 1.54) is 11.4 Å². The predicted octanol–water partition coefficient (Wildman–Crippen LogP) is 3.83. The van der Waals surface area contributed by atoms with Gasteiger partial charge in [0.05, 0.1) is 16.1 Å². The molecule has 0 atom stereocenters. The van der Waals surface area contributed by atoms with Gasteiger partial charge in [-0.2, -0.15) is 0 Å². The Morgan fingerprint density at radius 1 is 0.963 bits per heavy atom. The number of rotatable bonds is 5. The highest BCUT2D eigenvalue weighted by Crippen LogP contribution is 2.29. The molecule has 3 rings (SSSR count). The Morgan fingerprint density at radius 2 is 1.56 bits per heavy atom. The lowest BCUT2D eigenvalue weighted by atomic mass is 10.1. The van der Waals surface area contributed by atoms with Crippen LogP contribution in [0.2, 0.25) is 0 Å². The number of benzene rings is 2. The summed E-state index contributed by atoms with van der Waals surface area (Å²) in [6.45, 7) is 1.91. The van der Waals surface area contributed by atoms with E-state index in [-0.39, 0.29) is 16.8 Å². The number of hydrogen-bond donors (Lipinski definition) is 0. The first-order valence-electron chi connectivity index (χ1n) is 9.24. The fourth-order valence-corrected chi connectivity index (χ4v) is 4.79. The van der Waals surface area contributed by atoms with Crippen molar-refractivity contribution in [3.8, 4) is 0 Å². The molecule has 1 saturated carbocycles. The molecule has 5 nitrogen and oxygen atoms in total. The summed E-state index contributed by atoms with van der Waals surface area (Å²) in [7, 11) is -0.441. The third kappa shape index (κ3) is 3.86. The van der Waals surface area contributed by atoms with Crippen LogP contribution < -0.4 is 4.31 Å². The molecule has 0 N–H and O–H groups in total. The quantitative estimate of drug-likeness (QED) is 0.785. The van der Waals surface area contributed by atoms with Crippen molar-refractivity contribution < 1.29 is 13.2 Å². The third-order valence-electron chi connectivity index (χ3n) is 5.35. The first kappa shape index (κ1) is 19.4. The summed E-state index contributed by atoms with van der Waals surface area (Å²) in [5, 5.41) is 0. The summed E-state index contributed by atoms with van der Waals surface area (Å²) in [4.78, 5) is 15.0. The Labute approximate surface area is 161 Å². The maximum atomic E-state index is 13.1. The Morgan fingerprint density at radius 3 is 2.19 bits per heavy atom.